The molecule has 0 aliphatic rings. The van der Waals surface area contributed by atoms with Crippen LogP contribution in [0.25, 0.3) is 11.4 Å². The number of nitrogens with zero attached hydrogens (tertiary/aromatic N) is 4. The van der Waals surface area contributed by atoms with Crippen LogP contribution >= 0.6 is 0 Å². The molecule has 0 saturated heterocycles. The molecule has 1 atom stereocenters. The van der Waals surface area contributed by atoms with Gasteiger partial charge in [-0.2, -0.15) is 10.1 Å². The molecule has 2 heterocycles. The number of benzene rings is 1. The molecule has 0 unspecified atom stereocenters. The van der Waals surface area contributed by atoms with Crippen LogP contribution in [0, 0.1) is 6.92 Å². The lowest BCUT2D eigenvalue weighted by molar-refractivity contribution is 0.0923. The zero-order valence-corrected chi connectivity index (χ0v) is 16.6. The molecule has 1 N–H and O–H groups in total. The van der Waals surface area contributed by atoms with Crippen LogP contribution < -0.4 is 5.32 Å². The maximum Gasteiger partial charge on any atom is 0.270 e. The zero-order chi connectivity index (χ0) is 19.8. The fourth-order valence-corrected chi connectivity index (χ4v) is 2.69. The summed E-state index contributed by atoms with van der Waals surface area (Å²) in [5.74, 6) is 0.631. The van der Waals surface area contributed by atoms with E-state index in [1.165, 1.54) is 0 Å². The van der Waals surface area contributed by atoms with Gasteiger partial charge in [0.05, 0.1) is 5.69 Å². The number of carbonyl (C=O) groups is 1. The number of aromatic nitrogens is 4. The molecule has 1 aromatic carbocycles. The highest BCUT2D eigenvalue weighted by atomic mass is 16.5. The Kier molecular flexibility index (Phi) is 4.87. The number of nitrogens with one attached hydrogen (secondary N) is 1. The van der Waals surface area contributed by atoms with Crippen molar-refractivity contribution in [1.82, 2.24) is 25.2 Å². The van der Waals surface area contributed by atoms with Crippen LogP contribution in [-0.4, -0.2) is 25.8 Å². The van der Waals surface area contributed by atoms with E-state index in [1.807, 2.05) is 44.2 Å². The molecule has 27 heavy (non-hydrogen) atoms. The molecule has 3 aromatic rings. The van der Waals surface area contributed by atoms with E-state index in [2.05, 4.69) is 41.3 Å². The molecule has 0 radical (unpaired) electrons. The van der Waals surface area contributed by atoms with Crippen molar-refractivity contribution in [1.29, 1.82) is 0 Å². The van der Waals surface area contributed by atoms with Gasteiger partial charge in [0, 0.05) is 18.0 Å². The Morgan fingerprint density at radius 1 is 1.26 bits per heavy atom. The first-order valence-corrected chi connectivity index (χ1v) is 8.91. The van der Waals surface area contributed by atoms with Crippen molar-refractivity contribution in [2.45, 2.75) is 46.1 Å². The van der Waals surface area contributed by atoms with Crippen molar-refractivity contribution in [3.05, 3.63) is 53.2 Å². The lowest BCUT2D eigenvalue weighted by atomic mass is 9.92. The van der Waals surface area contributed by atoms with Crippen LogP contribution in [0.15, 0.2) is 34.9 Å². The number of carbonyl (C=O) groups excluding carboxylic acids is 1. The van der Waals surface area contributed by atoms with Crippen molar-refractivity contribution in [2.75, 3.05) is 0 Å². The van der Waals surface area contributed by atoms with Gasteiger partial charge in [0.2, 0.25) is 11.7 Å². The number of amides is 1. The highest BCUT2D eigenvalue weighted by molar-refractivity contribution is 5.92. The molecule has 7 nitrogen and oxygen atoms in total. The topological polar surface area (TPSA) is 85.8 Å². The van der Waals surface area contributed by atoms with Crippen molar-refractivity contribution in [2.24, 2.45) is 7.05 Å². The molecule has 3 rings (SSSR count). The quantitative estimate of drug-likeness (QED) is 0.762. The summed E-state index contributed by atoms with van der Waals surface area (Å²) in [6.45, 7) is 10.0. The highest BCUT2D eigenvalue weighted by Crippen LogP contribution is 2.22. The predicted octanol–water partition coefficient (Wildman–Crippen LogP) is 3.57. The summed E-state index contributed by atoms with van der Waals surface area (Å²) < 4.78 is 6.94. The molecule has 0 saturated carbocycles. The molecule has 0 bridgehead atoms. The standard InChI is InChI=1S/C20H25N5O2/c1-12-8-7-9-14(10-12)17-22-19(27-24-17)13(2)21-18(26)15-11-16(20(3,4)5)23-25(15)6/h7-11,13H,1-6H3,(H,21,26)/t13-/m1/s1. The van der Waals surface area contributed by atoms with Crippen molar-refractivity contribution in [3.8, 4) is 11.4 Å². The van der Waals surface area contributed by atoms with Gasteiger partial charge < -0.3 is 9.84 Å². The molecule has 142 valence electrons. The first kappa shape index (κ1) is 18.8. The normalized spacial score (nSPS) is 12.8. The third-order valence-corrected chi connectivity index (χ3v) is 4.32. The van der Waals surface area contributed by atoms with Gasteiger partial charge in [0.1, 0.15) is 11.7 Å². The van der Waals surface area contributed by atoms with Crippen molar-refractivity contribution >= 4 is 5.91 Å². The Hall–Kier alpha value is -2.96. The fraction of sp³-hybridized carbons (Fsp3) is 0.400. The predicted molar refractivity (Wildman–Crippen MR) is 102 cm³/mol. The van der Waals surface area contributed by atoms with E-state index >= 15 is 0 Å². The fourth-order valence-electron chi connectivity index (χ4n) is 2.69. The van der Waals surface area contributed by atoms with E-state index in [0.717, 1.165) is 16.8 Å². The summed E-state index contributed by atoms with van der Waals surface area (Å²) >= 11 is 0. The van der Waals surface area contributed by atoms with Gasteiger partial charge in [-0.1, -0.05) is 49.7 Å². The number of hydrogen-bond donors (Lipinski definition) is 1. The van der Waals surface area contributed by atoms with Crippen LogP contribution in [0.4, 0.5) is 0 Å². The zero-order valence-electron chi connectivity index (χ0n) is 16.6. The summed E-state index contributed by atoms with van der Waals surface area (Å²) in [6.07, 6.45) is 0. The number of aryl methyl sites for hydroxylation is 2. The van der Waals surface area contributed by atoms with Crippen molar-refractivity contribution < 1.29 is 9.32 Å². The SMILES string of the molecule is Cc1cccc(-c2noc([C@@H](C)NC(=O)c3cc(C(C)(C)C)nn3C)n2)c1. The summed E-state index contributed by atoms with van der Waals surface area (Å²) in [6, 6.07) is 9.26. The maximum absolute atomic E-state index is 12.6. The minimum atomic E-state index is -0.420. The molecule has 2 aromatic heterocycles. The van der Waals surface area contributed by atoms with E-state index in [9.17, 15) is 4.79 Å². The third-order valence-electron chi connectivity index (χ3n) is 4.32. The Bertz CT molecular complexity index is 965. The summed E-state index contributed by atoms with van der Waals surface area (Å²) in [7, 11) is 1.76. The monoisotopic (exact) mass is 367 g/mol. The summed E-state index contributed by atoms with van der Waals surface area (Å²) in [4.78, 5) is 17.1. The first-order valence-electron chi connectivity index (χ1n) is 8.91. The van der Waals surface area contributed by atoms with Gasteiger partial charge in [0.15, 0.2) is 0 Å². The van der Waals surface area contributed by atoms with Gasteiger partial charge in [-0.25, -0.2) is 0 Å². The van der Waals surface area contributed by atoms with Gasteiger partial charge in [-0.15, -0.1) is 0 Å². The maximum atomic E-state index is 12.6. The van der Waals surface area contributed by atoms with Gasteiger partial charge in [0.25, 0.3) is 5.91 Å². The van der Waals surface area contributed by atoms with Crippen LogP contribution in [-0.2, 0) is 12.5 Å². The summed E-state index contributed by atoms with van der Waals surface area (Å²) in [5, 5.41) is 11.4. The van der Waals surface area contributed by atoms with E-state index in [-0.39, 0.29) is 11.3 Å². The third kappa shape index (κ3) is 4.07. The molecular formula is C20H25N5O2. The summed E-state index contributed by atoms with van der Waals surface area (Å²) in [5.41, 5.74) is 3.22. The Labute approximate surface area is 158 Å². The molecular weight excluding hydrogens is 342 g/mol. The molecule has 1 amide bonds. The average molecular weight is 367 g/mol. The average Bonchev–Trinajstić information content (AvgIpc) is 3.21. The highest BCUT2D eigenvalue weighted by Gasteiger charge is 2.24. The molecule has 0 aliphatic carbocycles. The van der Waals surface area contributed by atoms with Crippen molar-refractivity contribution in [3.63, 3.8) is 0 Å². The Morgan fingerprint density at radius 2 is 2.00 bits per heavy atom. The lowest BCUT2D eigenvalue weighted by Gasteiger charge is -2.13. The smallest absolute Gasteiger partial charge is 0.270 e. The second-order valence-corrected chi connectivity index (χ2v) is 7.81. The minimum Gasteiger partial charge on any atom is -0.339 e. The van der Waals surface area contributed by atoms with Gasteiger partial charge in [-0.3, -0.25) is 9.48 Å². The van der Waals surface area contributed by atoms with E-state index < -0.39 is 6.04 Å². The second-order valence-electron chi connectivity index (χ2n) is 7.81. The molecule has 0 aliphatic heterocycles. The van der Waals surface area contributed by atoms with Crippen LogP contribution in [0.2, 0.25) is 0 Å². The number of hydrogen-bond acceptors (Lipinski definition) is 5. The van der Waals surface area contributed by atoms with E-state index in [1.54, 1.807) is 11.7 Å². The molecule has 0 fully saturated rings. The van der Waals surface area contributed by atoms with Gasteiger partial charge >= 0.3 is 0 Å². The van der Waals surface area contributed by atoms with Gasteiger partial charge in [-0.05, 0) is 26.0 Å². The Balaban J connectivity index is 1.75. The van der Waals surface area contributed by atoms with Crippen LogP contribution in [0.5, 0.6) is 0 Å². The van der Waals surface area contributed by atoms with Crippen LogP contribution in [0.1, 0.15) is 61.4 Å². The van der Waals surface area contributed by atoms with Crippen LogP contribution in [0.3, 0.4) is 0 Å². The number of rotatable bonds is 4. The molecule has 0 spiro atoms. The van der Waals surface area contributed by atoms with E-state index in [4.69, 9.17) is 4.52 Å². The minimum absolute atomic E-state index is 0.128. The van der Waals surface area contributed by atoms with E-state index in [0.29, 0.717) is 17.4 Å². The second kappa shape index (κ2) is 6.98. The first-order chi connectivity index (χ1) is 12.6. The lowest BCUT2D eigenvalue weighted by Crippen LogP contribution is -2.28. The Morgan fingerprint density at radius 3 is 2.63 bits per heavy atom. The molecule has 7 heteroatoms. The largest absolute Gasteiger partial charge is 0.339 e.